The van der Waals surface area contributed by atoms with Gasteiger partial charge in [-0.2, -0.15) is 0 Å². The second kappa shape index (κ2) is 4.37. The van der Waals surface area contributed by atoms with Gasteiger partial charge in [0, 0.05) is 6.20 Å². The molecule has 0 saturated carbocycles. The largest absolute Gasteiger partial charge is 0.477 e. The molecular formula is C9H9NO3. The number of nitrogens with zero attached hydrogens (tertiary/aromatic N) is 1. The minimum Gasteiger partial charge on any atom is -0.477 e. The van der Waals surface area contributed by atoms with Crippen molar-refractivity contribution in [3.63, 3.8) is 0 Å². The lowest BCUT2D eigenvalue weighted by atomic mass is 10.2. The Bertz CT molecular complexity index is 333. The summed E-state index contributed by atoms with van der Waals surface area (Å²) >= 11 is 0. The zero-order chi connectivity index (χ0) is 9.68. The summed E-state index contributed by atoms with van der Waals surface area (Å²) in [6.45, 7) is -0.0648. The van der Waals surface area contributed by atoms with Crippen molar-refractivity contribution in [1.82, 2.24) is 4.98 Å². The molecule has 0 fully saturated rings. The third-order valence-corrected chi connectivity index (χ3v) is 1.42. The van der Waals surface area contributed by atoms with Crippen molar-refractivity contribution in [3.05, 3.63) is 35.7 Å². The number of rotatable bonds is 3. The van der Waals surface area contributed by atoms with E-state index in [1.165, 1.54) is 18.3 Å². The van der Waals surface area contributed by atoms with Crippen molar-refractivity contribution in [2.45, 2.75) is 0 Å². The molecule has 4 nitrogen and oxygen atoms in total. The van der Waals surface area contributed by atoms with Gasteiger partial charge in [0.2, 0.25) is 0 Å². The third-order valence-electron chi connectivity index (χ3n) is 1.42. The van der Waals surface area contributed by atoms with Gasteiger partial charge in [0.15, 0.2) is 0 Å². The van der Waals surface area contributed by atoms with Gasteiger partial charge >= 0.3 is 5.97 Å². The number of pyridine rings is 1. The number of carbonyl (C=O) groups is 1. The van der Waals surface area contributed by atoms with Crippen LogP contribution in [0.25, 0.3) is 6.08 Å². The minimum atomic E-state index is -1.06. The second-order valence-electron chi connectivity index (χ2n) is 2.36. The Morgan fingerprint density at radius 3 is 3.00 bits per heavy atom. The van der Waals surface area contributed by atoms with Crippen LogP contribution in [-0.2, 0) is 0 Å². The summed E-state index contributed by atoms with van der Waals surface area (Å²) in [5.74, 6) is -1.06. The van der Waals surface area contributed by atoms with E-state index >= 15 is 0 Å². The van der Waals surface area contributed by atoms with Crippen LogP contribution < -0.4 is 0 Å². The van der Waals surface area contributed by atoms with Crippen LogP contribution in [0.15, 0.2) is 24.4 Å². The van der Waals surface area contributed by atoms with Gasteiger partial charge in [-0.05, 0) is 17.7 Å². The standard InChI is InChI=1S/C9H9NO3/c11-5-1-2-7-3-4-10-8(6-7)9(12)13/h1-4,6,11H,5H2,(H,12,13)/b2-1+. The molecule has 0 bridgehead atoms. The van der Waals surface area contributed by atoms with Crippen LogP contribution >= 0.6 is 0 Å². The van der Waals surface area contributed by atoms with Gasteiger partial charge in [-0.1, -0.05) is 12.2 Å². The Kier molecular flexibility index (Phi) is 3.16. The number of aliphatic hydroxyl groups excluding tert-OH is 1. The highest BCUT2D eigenvalue weighted by Crippen LogP contribution is 2.03. The molecule has 0 atom stereocenters. The van der Waals surface area contributed by atoms with Gasteiger partial charge in [0.25, 0.3) is 0 Å². The molecular weight excluding hydrogens is 170 g/mol. The topological polar surface area (TPSA) is 70.4 Å². The van der Waals surface area contributed by atoms with Crippen LogP contribution in [0.5, 0.6) is 0 Å². The molecule has 68 valence electrons. The number of aliphatic hydroxyl groups is 1. The SMILES string of the molecule is O=C(O)c1cc(/C=C/CO)ccn1. The Labute approximate surface area is 75.2 Å². The molecule has 2 N–H and O–H groups in total. The highest BCUT2D eigenvalue weighted by molar-refractivity contribution is 5.85. The summed E-state index contributed by atoms with van der Waals surface area (Å²) in [4.78, 5) is 14.1. The maximum absolute atomic E-state index is 10.5. The maximum atomic E-state index is 10.5. The lowest BCUT2D eigenvalue weighted by Gasteiger charge is -1.94. The molecule has 0 saturated heterocycles. The molecule has 1 heterocycles. The lowest BCUT2D eigenvalue weighted by molar-refractivity contribution is 0.0690. The molecule has 1 rings (SSSR count). The van der Waals surface area contributed by atoms with Gasteiger partial charge in [-0.15, -0.1) is 0 Å². The first-order valence-electron chi connectivity index (χ1n) is 3.71. The smallest absolute Gasteiger partial charge is 0.354 e. The molecule has 0 spiro atoms. The quantitative estimate of drug-likeness (QED) is 0.719. The number of hydrogen-bond acceptors (Lipinski definition) is 3. The Morgan fingerprint density at radius 2 is 2.38 bits per heavy atom. The molecule has 0 radical (unpaired) electrons. The van der Waals surface area contributed by atoms with E-state index in [0.29, 0.717) is 5.56 Å². The first-order chi connectivity index (χ1) is 6.24. The first kappa shape index (κ1) is 9.41. The zero-order valence-corrected chi connectivity index (χ0v) is 6.84. The van der Waals surface area contributed by atoms with Crippen LogP contribution in [0.3, 0.4) is 0 Å². The van der Waals surface area contributed by atoms with Gasteiger partial charge in [-0.3, -0.25) is 0 Å². The van der Waals surface area contributed by atoms with E-state index in [0.717, 1.165) is 0 Å². The van der Waals surface area contributed by atoms with E-state index < -0.39 is 5.97 Å². The van der Waals surface area contributed by atoms with E-state index in [1.807, 2.05) is 0 Å². The molecule has 1 aromatic heterocycles. The summed E-state index contributed by atoms with van der Waals surface area (Å²) in [5, 5.41) is 17.1. The van der Waals surface area contributed by atoms with Crippen LogP contribution in [-0.4, -0.2) is 27.8 Å². The van der Waals surface area contributed by atoms with E-state index in [1.54, 1.807) is 12.1 Å². The minimum absolute atomic E-state index is 0.0000831. The number of carboxylic acid groups (broad SMARTS) is 1. The average molecular weight is 179 g/mol. The van der Waals surface area contributed by atoms with Crippen LogP contribution in [0.2, 0.25) is 0 Å². The Morgan fingerprint density at radius 1 is 1.62 bits per heavy atom. The van der Waals surface area contributed by atoms with Crippen molar-refractivity contribution in [3.8, 4) is 0 Å². The average Bonchev–Trinajstić information content (AvgIpc) is 2.15. The molecule has 13 heavy (non-hydrogen) atoms. The van der Waals surface area contributed by atoms with Crippen LogP contribution in [0.4, 0.5) is 0 Å². The summed E-state index contributed by atoms with van der Waals surface area (Å²) < 4.78 is 0. The lowest BCUT2D eigenvalue weighted by Crippen LogP contribution is -1.99. The Balaban J connectivity index is 2.92. The molecule has 0 aliphatic rings. The van der Waals surface area contributed by atoms with Crippen molar-refractivity contribution < 1.29 is 15.0 Å². The molecule has 1 aromatic rings. The van der Waals surface area contributed by atoms with E-state index in [9.17, 15) is 4.79 Å². The van der Waals surface area contributed by atoms with Crippen LogP contribution in [0, 0.1) is 0 Å². The summed E-state index contributed by atoms with van der Waals surface area (Å²) in [6, 6.07) is 3.10. The summed E-state index contributed by atoms with van der Waals surface area (Å²) in [6.07, 6.45) is 4.58. The highest BCUT2D eigenvalue weighted by Gasteiger charge is 2.02. The van der Waals surface area contributed by atoms with Crippen molar-refractivity contribution in [2.24, 2.45) is 0 Å². The van der Waals surface area contributed by atoms with E-state index in [4.69, 9.17) is 10.2 Å². The number of aromatic nitrogens is 1. The number of hydrogen-bond donors (Lipinski definition) is 2. The van der Waals surface area contributed by atoms with Gasteiger partial charge in [-0.25, -0.2) is 9.78 Å². The van der Waals surface area contributed by atoms with Crippen molar-refractivity contribution in [2.75, 3.05) is 6.61 Å². The van der Waals surface area contributed by atoms with E-state index in [-0.39, 0.29) is 12.3 Å². The number of aromatic carboxylic acids is 1. The molecule has 0 aromatic carbocycles. The first-order valence-corrected chi connectivity index (χ1v) is 3.71. The predicted molar refractivity (Wildman–Crippen MR) is 47.3 cm³/mol. The van der Waals surface area contributed by atoms with E-state index in [2.05, 4.69) is 4.98 Å². The molecule has 4 heteroatoms. The second-order valence-corrected chi connectivity index (χ2v) is 2.36. The third kappa shape index (κ3) is 2.68. The normalized spacial score (nSPS) is 10.5. The maximum Gasteiger partial charge on any atom is 0.354 e. The molecule has 0 aliphatic carbocycles. The monoisotopic (exact) mass is 179 g/mol. The van der Waals surface area contributed by atoms with Gasteiger partial charge < -0.3 is 10.2 Å². The van der Waals surface area contributed by atoms with Crippen molar-refractivity contribution >= 4 is 12.0 Å². The van der Waals surface area contributed by atoms with Crippen LogP contribution in [0.1, 0.15) is 16.1 Å². The fourth-order valence-corrected chi connectivity index (χ4v) is 0.856. The molecule has 0 unspecified atom stereocenters. The number of carboxylic acids is 1. The summed E-state index contributed by atoms with van der Waals surface area (Å²) in [5.41, 5.74) is 0.710. The highest BCUT2D eigenvalue weighted by atomic mass is 16.4. The van der Waals surface area contributed by atoms with Crippen molar-refractivity contribution in [1.29, 1.82) is 0 Å². The molecule has 0 amide bonds. The predicted octanol–water partition coefficient (Wildman–Crippen LogP) is 0.785. The van der Waals surface area contributed by atoms with Gasteiger partial charge in [0.05, 0.1) is 6.61 Å². The van der Waals surface area contributed by atoms with Gasteiger partial charge in [0.1, 0.15) is 5.69 Å². The zero-order valence-electron chi connectivity index (χ0n) is 6.84. The Hall–Kier alpha value is -1.68. The fourth-order valence-electron chi connectivity index (χ4n) is 0.856. The summed E-state index contributed by atoms with van der Waals surface area (Å²) in [7, 11) is 0. The molecule has 0 aliphatic heterocycles. The fraction of sp³-hybridized carbons (Fsp3) is 0.111.